The number of imide groups is 1. The van der Waals surface area contributed by atoms with Crippen LogP contribution < -0.4 is 5.32 Å². The molecule has 0 radical (unpaired) electrons. The molecule has 0 spiro atoms. The molecule has 1 heterocycles. The first-order valence-electron chi connectivity index (χ1n) is 9.19. The van der Waals surface area contributed by atoms with Gasteiger partial charge in [-0.3, -0.25) is 19.3 Å². The summed E-state index contributed by atoms with van der Waals surface area (Å²) in [6.45, 7) is 2.59. The van der Waals surface area contributed by atoms with Gasteiger partial charge in [-0.1, -0.05) is 12.2 Å². The van der Waals surface area contributed by atoms with Crippen LogP contribution in [0.5, 0.6) is 0 Å². The summed E-state index contributed by atoms with van der Waals surface area (Å²) >= 11 is 0. The van der Waals surface area contributed by atoms with E-state index in [1.165, 1.54) is 13.8 Å². The van der Waals surface area contributed by atoms with Crippen molar-refractivity contribution in [3.8, 4) is 0 Å². The van der Waals surface area contributed by atoms with Gasteiger partial charge >= 0.3 is 5.97 Å². The summed E-state index contributed by atoms with van der Waals surface area (Å²) in [5.41, 5.74) is -0.396. The average molecular weight is 406 g/mol. The number of benzene rings is 1. The normalized spacial score (nSPS) is 22.8. The molecule has 0 unspecified atom stereocenters. The summed E-state index contributed by atoms with van der Waals surface area (Å²) in [5, 5.41) is 2.14. The van der Waals surface area contributed by atoms with Crippen molar-refractivity contribution < 1.29 is 32.7 Å². The van der Waals surface area contributed by atoms with Crippen molar-refractivity contribution in [2.75, 3.05) is 5.32 Å². The Morgan fingerprint density at radius 3 is 2.28 bits per heavy atom. The van der Waals surface area contributed by atoms with Crippen molar-refractivity contribution in [3.63, 3.8) is 0 Å². The molecule has 1 aromatic rings. The molecule has 1 aliphatic heterocycles. The second kappa shape index (κ2) is 8.10. The average Bonchev–Trinajstić information content (AvgIpc) is 2.94. The molecule has 29 heavy (non-hydrogen) atoms. The zero-order valence-corrected chi connectivity index (χ0v) is 15.9. The number of nitrogens with zero attached hydrogens (tertiary/aromatic N) is 1. The van der Waals surface area contributed by atoms with Crippen LogP contribution in [-0.2, 0) is 23.9 Å². The van der Waals surface area contributed by atoms with Crippen molar-refractivity contribution in [2.45, 2.75) is 38.8 Å². The van der Waals surface area contributed by atoms with Gasteiger partial charge in [-0.15, -0.1) is 0 Å². The maximum absolute atomic E-state index is 13.6. The Morgan fingerprint density at radius 1 is 1.10 bits per heavy atom. The first-order chi connectivity index (χ1) is 13.7. The summed E-state index contributed by atoms with van der Waals surface area (Å²) in [7, 11) is 0. The predicted octanol–water partition coefficient (Wildman–Crippen LogP) is 2.17. The molecular weight excluding hydrogens is 386 g/mol. The number of rotatable bonds is 5. The van der Waals surface area contributed by atoms with Crippen LogP contribution in [0.3, 0.4) is 0 Å². The third-order valence-corrected chi connectivity index (χ3v) is 5.12. The highest BCUT2D eigenvalue weighted by atomic mass is 19.1. The summed E-state index contributed by atoms with van der Waals surface area (Å²) < 4.78 is 31.9. The molecule has 3 amide bonds. The molecule has 1 N–H and O–H groups in total. The summed E-state index contributed by atoms with van der Waals surface area (Å²) in [6, 6.07) is 1.33. The Bertz CT molecular complexity index is 875. The van der Waals surface area contributed by atoms with E-state index >= 15 is 0 Å². The monoisotopic (exact) mass is 406 g/mol. The first-order valence-corrected chi connectivity index (χ1v) is 9.19. The largest absolute Gasteiger partial charge is 0.451 e. The van der Waals surface area contributed by atoms with Gasteiger partial charge in [0.2, 0.25) is 11.8 Å². The summed E-state index contributed by atoms with van der Waals surface area (Å²) in [4.78, 5) is 50.5. The first kappa shape index (κ1) is 20.6. The smallest absolute Gasteiger partial charge is 0.329 e. The van der Waals surface area contributed by atoms with Gasteiger partial charge in [-0.05, 0) is 38.8 Å². The van der Waals surface area contributed by atoms with Crippen LogP contribution in [0.25, 0.3) is 0 Å². The Kier molecular flexibility index (Phi) is 5.76. The lowest BCUT2D eigenvalue weighted by Gasteiger charge is -2.23. The molecule has 1 aliphatic carbocycles. The molecule has 1 aromatic carbocycles. The third-order valence-electron chi connectivity index (χ3n) is 5.12. The van der Waals surface area contributed by atoms with Gasteiger partial charge in [0, 0.05) is 6.07 Å². The highest BCUT2D eigenvalue weighted by Crippen LogP contribution is 2.36. The highest BCUT2D eigenvalue weighted by Gasteiger charge is 2.50. The molecule has 9 heteroatoms. The highest BCUT2D eigenvalue weighted by molar-refractivity contribution is 6.08. The number of ether oxygens (including phenoxy) is 1. The minimum absolute atomic E-state index is 0.396. The molecule has 0 bridgehead atoms. The molecule has 154 valence electrons. The van der Waals surface area contributed by atoms with Crippen molar-refractivity contribution in [1.82, 2.24) is 4.90 Å². The van der Waals surface area contributed by atoms with Gasteiger partial charge in [0.1, 0.15) is 17.7 Å². The Labute approximate surface area is 165 Å². The number of hydrogen-bond acceptors (Lipinski definition) is 5. The molecule has 0 saturated carbocycles. The van der Waals surface area contributed by atoms with Crippen molar-refractivity contribution >= 4 is 29.4 Å². The number of esters is 1. The maximum atomic E-state index is 13.6. The second-order valence-electron chi connectivity index (χ2n) is 7.07. The molecule has 1 saturated heterocycles. The van der Waals surface area contributed by atoms with E-state index in [1.54, 1.807) is 0 Å². The number of allylic oxidation sites excluding steroid dienone is 2. The number of hydrogen-bond donors (Lipinski definition) is 1. The molecule has 0 aromatic heterocycles. The standard InChI is InChI=1S/C20H20F2N2O5/c1-10(24-18(26)13-5-3-4-6-14(13)19(24)27)20(28)29-11(2)17(25)23-16-9-12(21)7-8-15(16)22/h3-4,7-11,13-14H,5-6H2,1-2H3,(H,23,25)/t10-,11-,13-,14+/m0/s1. The summed E-state index contributed by atoms with van der Waals surface area (Å²) in [6.07, 6.45) is 3.18. The van der Waals surface area contributed by atoms with E-state index in [0.717, 1.165) is 23.1 Å². The molecular formula is C20H20F2N2O5. The fraction of sp³-hybridized carbons (Fsp3) is 0.400. The predicted molar refractivity (Wildman–Crippen MR) is 97.2 cm³/mol. The third kappa shape index (κ3) is 4.03. The SMILES string of the molecule is C[C@H](OC(=O)[C@H](C)N1C(=O)[C@H]2CC=CC[C@H]2C1=O)C(=O)Nc1cc(F)ccc1F. The van der Waals surface area contributed by atoms with Gasteiger partial charge in [-0.2, -0.15) is 0 Å². The fourth-order valence-corrected chi connectivity index (χ4v) is 3.47. The second-order valence-corrected chi connectivity index (χ2v) is 7.07. The quantitative estimate of drug-likeness (QED) is 0.460. The minimum Gasteiger partial charge on any atom is -0.451 e. The van der Waals surface area contributed by atoms with Crippen molar-refractivity contribution in [3.05, 3.63) is 42.0 Å². The van der Waals surface area contributed by atoms with E-state index in [-0.39, 0.29) is 0 Å². The summed E-state index contributed by atoms with van der Waals surface area (Å²) in [5.74, 6) is -5.27. The fourth-order valence-electron chi connectivity index (χ4n) is 3.47. The van der Waals surface area contributed by atoms with Gasteiger partial charge in [0.15, 0.2) is 6.10 Å². The lowest BCUT2D eigenvalue weighted by atomic mass is 9.85. The van der Waals surface area contributed by atoms with Crippen LogP contribution in [-0.4, -0.2) is 40.7 Å². The van der Waals surface area contributed by atoms with Crippen LogP contribution in [0.15, 0.2) is 30.4 Å². The molecule has 3 rings (SSSR count). The number of carbonyl (C=O) groups is 4. The lowest BCUT2D eigenvalue weighted by molar-refractivity contribution is -0.163. The van der Waals surface area contributed by atoms with Crippen LogP contribution in [0.2, 0.25) is 0 Å². The molecule has 1 fully saturated rings. The van der Waals surface area contributed by atoms with Crippen LogP contribution in [0, 0.1) is 23.5 Å². The van der Waals surface area contributed by atoms with Gasteiger partial charge in [-0.25, -0.2) is 13.6 Å². The zero-order valence-electron chi connectivity index (χ0n) is 15.9. The zero-order chi connectivity index (χ0) is 21.3. The van der Waals surface area contributed by atoms with E-state index in [4.69, 9.17) is 4.74 Å². The number of carbonyl (C=O) groups excluding carboxylic acids is 4. The van der Waals surface area contributed by atoms with Crippen molar-refractivity contribution in [2.24, 2.45) is 11.8 Å². The van der Waals surface area contributed by atoms with E-state index in [1.807, 2.05) is 12.2 Å². The van der Waals surface area contributed by atoms with E-state index in [0.29, 0.717) is 12.8 Å². The van der Waals surface area contributed by atoms with Crippen LogP contribution in [0.1, 0.15) is 26.7 Å². The van der Waals surface area contributed by atoms with E-state index in [2.05, 4.69) is 5.32 Å². The number of halogens is 2. The van der Waals surface area contributed by atoms with E-state index < -0.39 is 65.0 Å². The van der Waals surface area contributed by atoms with Gasteiger partial charge in [0.25, 0.3) is 5.91 Å². The number of amides is 3. The number of likely N-dealkylation sites (tertiary alicyclic amines) is 1. The van der Waals surface area contributed by atoms with E-state index in [9.17, 15) is 28.0 Å². The van der Waals surface area contributed by atoms with Crippen LogP contribution in [0.4, 0.5) is 14.5 Å². The van der Waals surface area contributed by atoms with Crippen LogP contribution >= 0.6 is 0 Å². The Morgan fingerprint density at radius 2 is 1.69 bits per heavy atom. The molecule has 7 nitrogen and oxygen atoms in total. The Balaban J connectivity index is 1.63. The minimum atomic E-state index is -1.36. The number of anilines is 1. The Hall–Kier alpha value is -3.10. The lowest BCUT2D eigenvalue weighted by Crippen LogP contribution is -2.46. The topological polar surface area (TPSA) is 92.8 Å². The number of nitrogens with one attached hydrogen (secondary N) is 1. The van der Waals surface area contributed by atoms with Gasteiger partial charge in [0.05, 0.1) is 17.5 Å². The van der Waals surface area contributed by atoms with Crippen molar-refractivity contribution in [1.29, 1.82) is 0 Å². The molecule has 4 atom stereocenters. The molecule has 2 aliphatic rings. The van der Waals surface area contributed by atoms with Gasteiger partial charge < -0.3 is 10.1 Å². The number of fused-ring (bicyclic) bond motifs is 1. The maximum Gasteiger partial charge on any atom is 0.329 e.